The van der Waals surface area contributed by atoms with E-state index in [9.17, 15) is 0 Å². The molecule has 45 heavy (non-hydrogen) atoms. The van der Waals surface area contributed by atoms with E-state index in [1.807, 2.05) is 44.2 Å². The molecule has 0 aliphatic rings. The normalized spacial score (nSPS) is 11.4. The minimum atomic E-state index is 0.457. The predicted molar refractivity (Wildman–Crippen MR) is 191 cm³/mol. The molecular formula is C39H34N6. The van der Waals surface area contributed by atoms with Gasteiger partial charge in [0.2, 0.25) is 0 Å². The highest BCUT2D eigenvalue weighted by Crippen LogP contribution is 2.34. The van der Waals surface area contributed by atoms with Crippen molar-refractivity contribution in [3.05, 3.63) is 133 Å². The van der Waals surface area contributed by atoms with Gasteiger partial charge in [-0.15, -0.1) is 0 Å². The number of hydrogen-bond acceptors (Lipinski definition) is 6. The number of nitrogens with two attached hydrogens (primary N) is 3. The molecule has 0 aliphatic carbocycles. The fourth-order valence-electron chi connectivity index (χ4n) is 5.52. The SMILES string of the molecule is C=Cc1ccc2c(-c3ccc(-c4ccc5cc(-c6ccc7nc(/C(N)=C/N)ccc7c6)ccc5n4)cc3)ccnc2c1N.CC. The van der Waals surface area contributed by atoms with Gasteiger partial charge in [0.25, 0.3) is 0 Å². The van der Waals surface area contributed by atoms with Crippen LogP contribution in [0.2, 0.25) is 0 Å². The first-order chi connectivity index (χ1) is 22.0. The maximum Gasteiger partial charge on any atom is 0.0943 e. The van der Waals surface area contributed by atoms with Crippen molar-refractivity contribution in [1.29, 1.82) is 0 Å². The summed E-state index contributed by atoms with van der Waals surface area (Å²) in [4.78, 5) is 14.1. The van der Waals surface area contributed by atoms with Crippen molar-refractivity contribution in [3.63, 3.8) is 0 Å². The Morgan fingerprint density at radius 2 is 1.31 bits per heavy atom. The Hall–Kier alpha value is -6.01. The van der Waals surface area contributed by atoms with Crippen molar-refractivity contribution >= 4 is 50.2 Å². The lowest BCUT2D eigenvalue weighted by Crippen LogP contribution is -2.01. The summed E-state index contributed by atoms with van der Waals surface area (Å²) >= 11 is 0. The van der Waals surface area contributed by atoms with E-state index >= 15 is 0 Å². The maximum absolute atomic E-state index is 6.35. The molecule has 7 aromatic rings. The summed E-state index contributed by atoms with van der Waals surface area (Å²) in [6.45, 7) is 7.85. The summed E-state index contributed by atoms with van der Waals surface area (Å²) in [5.41, 5.74) is 29.5. The van der Waals surface area contributed by atoms with Gasteiger partial charge >= 0.3 is 0 Å². The van der Waals surface area contributed by atoms with E-state index in [-0.39, 0.29) is 0 Å². The molecule has 0 radical (unpaired) electrons. The van der Waals surface area contributed by atoms with Crippen LogP contribution in [0.1, 0.15) is 25.1 Å². The Morgan fingerprint density at radius 1 is 0.689 bits per heavy atom. The largest absolute Gasteiger partial charge is 0.403 e. The first-order valence-corrected chi connectivity index (χ1v) is 14.9. The number of pyridine rings is 3. The van der Waals surface area contributed by atoms with Crippen molar-refractivity contribution in [2.45, 2.75) is 13.8 Å². The van der Waals surface area contributed by atoms with Crippen LogP contribution in [0.5, 0.6) is 0 Å². The maximum atomic E-state index is 6.35. The van der Waals surface area contributed by atoms with Gasteiger partial charge in [-0.2, -0.15) is 0 Å². The topological polar surface area (TPSA) is 117 Å². The summed E-state index contributed by atoms with van der Waals surface area (Å²) in [5, 5.41) is 3.12. The lowest BCUT2D eigenvalue weighted by Gasteiger charge is -2.11. The Labute approximate surface area is 262 Å². The molecule has 3 heterocycles. The number of hydrogen-bond donors (Lipinski definition) is 3. The van der Waals surface area contributed by atoms with Crippen LogP contribution >= 0.6 is 0 Å². The number of nitrogens with zero attached hydrogens (tertiary/aromatic N) is 3. The van der Waals surface area contributed by atoms with Crippen LogP contribution in [0, 0.1) is 0 Å². The Balaban J connectivity index is 0.00000175. The van der Waals surface area contributed by atoms with Crippen molar-refractivity contribution in [2.75, 3.05) is 5.73 Å². The van der Waals surface area contributed by atoms with Crippen molar-refractivity contribution in [2.24, 2.45) is 11.5 Å². The molecule has 220 valence electrons. The molecule has 0 aliphatic heterocycles. The molecule has 6 N–H and O–H groups in total. The minimum Gasteiger partial charge on any atom is -0.403 e. The molecule has 0 fully saturated rings. The first kappa shape index (κ1) is 29.1. The van der Waals surface area contributed by atoms with Crippen LogP contribution in [0.4, 0.5) is 5.69 Å². The lowest BCUT2D eigenvalue weighted by atomic mass is 9.97. The van der Waals surface area contributed by atoms with Crippen LogP contribution in [0.15, 0.2) is 122 Å². The number of benzene rings is 4. The van der Waals surface area contributed by atoms with E-state index in [1.54, 1.807) is 12.3 Å². The van der Waals surface area contributed by atoms with Gasteiger partial charge in [-0.25, -0.2) is 9.97 Å². The van der Waals surface area contributed by atoms with Gasteiger partial charge in [0.15, 0.2) is 0 Å². The number of aromatic nitrogens is 3. The molecule has 0 bridgehead atoms. The number of rotatable bonds is 5. The third-order valence-electron chi connectivity index (χ3n) is 7.88. The highest BCUT2D eigenvalue weighted by molar-refractivity contribution is 6.02. The molecule has 0 atom stereocenters. The average molecular weight is 587 g/mol. The van der Waals surface area contributed by atoms with Gasteiger partial charge in [-0.3, -0.25) is 4.98 Å². The van der Waals surface area contributed by atoms with E-state index in [0.29, 0.717) is 17.1 Å². The zero-order valence-corrected chi connectivity index (χ0v) is 25.3. The highest BCUT2D eigenvalue weighted by Gasteiger charge is 2.11. The molecule has 4 aromatic carbocycles. The third kappa shape index (κ3) is 5.45. The molecular weight excluding hydrogens is 552 g/mol. The van der Waals surface area contributed by atoms with Gasteiger partial charge in [0.1, 0.15) is 0 Å². The Kier molecular flexibility index (Phi) is 7.95. The molecule has 6 nitrogen and oxygen atoms in total. The van der Waals surface area contributed by atoms with Gasteiger partial charge in [-0.05, 0) is 70.3 Å². The molecule has 0 spiro atoms. The summed E-state index contributed by atoms with van der Waals surface area (Å²) in [5.74, 6) is 0. The molecule has 6 heteroatoms. The number of fused-ring (bicyclic) bond motifs is 3. The average Bonchev–Trinajstić information content (AvgIpc) is 3.11. The van der Waals surface area contributed by atoms with Crippen molar-refractivity contribution < 1.29 is 0 Å². The summed E-state index contributed by atoms with van der Waals surface area (Å²) < 4.78 is 0. The minimum absolute atomic E-state index is 0.457. The quantitative estimate of drug-likeness (QED) is 0.174. The van der Waals surface area contributed by atoms with Crippen LogP contribution in [0.3, 0.4) is 0 Å². The highest BCUT2D eigenvalue weighted by atomic mass is 14.8. The van der Waals surface area contributed by atoms with Crippen LogP contribution in [0.25, 0.3) is 78.0 Å². The van der Waals surface area contributed by atoms with Crippen molar-refractivity contribution in [3.8, 4) is 33.5 Å². The summed E-state index contributed by atoms with van der Waals surface area (Å²) in [7, 11) is 0. The van der Waals surface area contributed by atoms with Crippen molar-refractivity contribution in [1.82, 2.24) is 15.0 Å². The summed E-state index contributed by atoms with van der Waals surface area (Å²) in [6, 6.07) is 35.2. The molecule has 0 amide bonds. The number of anilines is 1. The van der Waals surface area contributed by atoms with Crippen LogP contribution in [-0.4, -0.2) is 15.0 Å². The van der Waals surface area contributed by atoms with Gasteiger partial charge in [0.05, 0.1) is 39.3 Å². The van der Waals surface area contributed by atoms with E-state index in [4.69, 9.17) is 22.2 Å². The smallest absolute Gasteiger partial charge is 0.0943 e. The van der Waals surface area contributed by atoms with Gasteiger partial charge in [0, 0.05) is 34.1 Å². The van der Waals surface area contributed by atoms with Crippen LogP contribution < -0.4 is 17.2 Å². The first-order valence-electron chi connectivity index (χ1n) is 14.9. The fourth-order valence-corrected chi connectivity index (χ4v) is 5.52. The zero-order valence-electron chi connectivity index (χ0n) is 25.3. The molecule has 0 unspecified atom stereocenters. The number of nitrogen functional groups attached to an aromatic ring is 1. The molecule has 7 rings (SSSR count). The van der Waals surface area contributed by atoms with E-state index < -0.39 is 0 Å². The molecule has 3 aromatic heterocycles. The van der Waals surface area contributed by atoms with E-state index in [0.717, 1.165) is 71.8 Å². The second-order valence-corrected chi connectivity index (χ2v) is 10.4. The van der Waals surface area contributed by atoms with Crippen LogP contribution in [-0.2, 0) is 0 Å². The molecule has 0 saturated heterocycles. The lowest BCUT2D eigenvalue weighted by molar-refractivity contribution is 1.31. The van der Waals surface area contributed by atoms with E-state index in [2.05, 4.69) is 89.3 Å². The Morgan fingerprint density at radius 3 is 1.98 bits per heavy atom. The molecule has 0 saturated carbocycles. The predicted octanol–water partition coefficient (Wildman–Crippen LogP) is 8.80. The second-order valence-electron chi connectivity index (χ2n) is 10.4. The van der Waals surface area contributed by atoms with Gasteiger partial charge < -0.3 is 17.2 Å². The summed E-state index contributed by atoms with van der Waals surface area (Å²) in [6.07, 6.45) is 4.92. The second kappa shape index (κ2) is 12.3. The van der Waals surface area contributed by atoms with Gasteiger partial charge in [-0.1, -0.05) is 87.2 Å². The monoisotopic (exact) mass is 586 g/mol. The Bertz CT molecular complexity index is 2230. The fraction of sp³-hybridized carbons (Fsp3) is 0.0513. The third-order valence-corrected chi connectivity index (χ3v) is 7.88. The zero-order chi connectivity index (χ0) is 31.5. The van der Waals surface area contributed by atoms with E-state index in [1.165, 1.54) is 6.20 Å². The standard InChI is InChI=1S/C37H28N6.C2H6/c1-2-22-7-12-30-29(17-18-41-37(30)36(22)40)23-3-5-24(6-4-23)32-15-10-27-19-25(8-13-33(27)42-32)26-9-14-34-28(20-26)11-16-35(43-34)31(39)21-38;1-2/h2-21H,1,38-40H2;1-2H3/b31-21-;.